The molecule has 2 aromatic carbocycles. The highest BCUT2D eigenvalue weighted by molar-refractivity contribution is 6.30. The van der Waals surface area contributed by atoms with Crippen LogP contribution in [0.1, 0.15) is 45.2 Å². The van der Waals surface area contributed by atoms with Crippen molar-refractivity contribution in [3.63, 3.8) is 0 Å². The van der Waals surface area contributed by atoms with Crippen molar-refractivity contribution in [3.8, 4) is 0 Å². The minimum absolute atomic E-state index is 0.128. The Morgan fingerprint density at radius 3 is 2.49 bits per heavy atom. The fraction of sp³-hybridized carbons (Fsp3) is 0.448. The maximum Gasteiger partial charge on any atom is 0.245 e. The van der Waals surface area contributed by atoms with Crippen LogP contribution in [0.15, 0.2) is 54.7 Å². The van der Waals surface area contributed by atoms with Crippen molar-refractivity contribution in [1.82, 2.24) is 15.2 Å². The Labute approximate surface area is 223 Å². The number of aromatic nitrogens is 1. The molecule has 0 bridgehead atoms. The van der Waals surface area contributed by atoms with Gasteiger partial charge in [-0.05, 0) is 48.1 Å². The minimum atomic E-state index is -1.10. The lowest BCUT2D eigenvalue weighted by molar-refractivity contribution is -0.156. The van der Waals surface area contributed by atoms with Crippen LogP contribution in [0.2, 0.25) is 5.02 Å². The van der Waals surface area contributed by atoms with Crippen LogP contribution < -0.4 is 11.1 Å². The molecular weight excluding hydrogens is 488 g/mol. The van der Waals surface area contributed by atoms with Crippen LogP contribution in [-0.2, 0) is 21.6 Å². The summed E-state index contributed by atoms with van der Waals surface area (Å²) in [6.07, 6.45) is 2.62. The fourth-order valence-electron chi connectivity index (χ4n) is 5.37. The smallest absolute Gasteiger partial charge is 0.245 e. The second-order valence-corrected chi connectivity index (χ2v) is 11.6. The van der Waals surface area contributed by atoms with Gasteiger partial charge >= 0.3 is 0 Å². The third kappa shape index (κ3) is 5.40. The third-order valence-corrected chi connectivity index (χ3v) is 8.02. The van der Waals surface area contributed by atoms with E-state index >= 15 is 0 Å². The first kappa shape index (κ1) is 27.2. The SMILES string of the molecule is CC(C)[C@@H](NC(=O)[C@H](N)Cc1c[nH]c2ccccc12)C(=O)N1CC[C@](O)(c2ccc(Cl)cc2)C(C)(C)C1. The summed E-state index contributed by atoms with van der Waals surface area (Å²) in [6.45, 7) is 8.47. The van der Waals surface area contributed by atoms with Gasteiger partial charge in [0, 0.05) is 40.6 Å². The molecule has 7 nitrogen and oxygen atoms in total. The van der Waals surface area contributed by atoms with E-state index in [1.807, 2.05) is 70.3 Å². The van der Waals surface area contributed by atoms with Gasteiger partial charge in [-0.15, -0.1) is 0 Å². The Morgan fingerprint density at radius 2 is 1.84 bits per heavy atom. The number of H-pyrrole nitrogens is 1. The van der Waals surface area contributed by atoms with E-state index < -0.39 is 23.1 Å². The number of nitrogens with zero attached hydrogens (tertiary/aromatic N) is 1. The van der Waals surface area contributed by atoms with Gasteiger partial charge in [0.15, 0.2) is 0 Å². The first-order valence-corrected chi connectivity index (χ1v) is 13.2. The van der Waals surface area contributed by atoms with E-state index in [0.29, 0.717) is 31.0 Å². The summed E-state index contributed by atoms with van der Waals surface area (Å²) in [6, 6.07) is 13.6. The van der Waals surface area contributed by atoms with Gasteiger partial charge in [-0.25, -0.2) is 0 Å². The van der Waals surface area contributed by atoms with Crippen LogP contribution in [0.25, 0.3) is 10.9 Å². The van der Waals surface area contributed by atoms with Gasteiger partial charge < -0.3 is 26.0 Å². The van der Waals surface area contributed by atoms with E-state index in [1.165, 1.54) is 0 Å². The second-order valence-electron chi connectivity index (χ2n) is 11.2. The zero-order valence-corrected chi connectivity index (χ0v) is 22.7. The van der Waals surface area contributed by atoms with Crippen molar-refractivity contribution in [2.45, 2.75) is 58.2 Å². The van der Waals surface area contributed by atoms with Crippen LogP contribution in [0.3, 0.4) is 0 Å². The quantitative estimate of drug-likeness (QED) is 0.374. The molecule has 2 heterocycles. The van der Waals surface area contributed by atoms with E-state index in [-0.39, 0.29) is 17.7 Å². The minimum Gasteiger partial charge on any atom is -0.384 e. The van der Waals surface area contributed by atoms with Gasteiger partial charge in [0.2, 0.25) is 11.8 Å². The number of rotatable bonds is 7. The molecule has 1 aliphatic heterocycles. The molecule has 0 radical (unpaired) electrons. The maximum absolute atomic E-state index is 13.6. The molecule has 3 aromatic rings. The van der Waals surface area contributed by atoms with Crippen LogP contribution >= 0.6 is 11.6 Å². The molecule has 0 spiro atoms. The summed E-state index contributed by atoms with van der Waals surface area (Å²) in [4.78, 5) is 31.7. The third-order valence-electron chi connectivity index (χ3n) is 7.76. The summed E-state index contributed by atoms with van der Waals surface area (Å²) < 4.78 is 0. The maximum atomic E-state index is 13.6. The standard InChI is InChI=1S/C29H37ClN4O3/c1-18(2)25(33-26(35)23(31)15-19-16-32-24-8-6-5-7-22(19)24)27(36)34-14-13-29(37,28(3,4)17-34)20-9-11-21(30)12-10-20/h5-12,16,18,23,25,32,37H,13-15,17,31H2,1-4H3,(H,33,35)/t23-,25-,29+/m1/s1. The molecule has 1 saturated heterocycles. The molecule has 1 aromatic heterocycles. The number of carbonyl (C=O) groups is 2. The topological polar surface area (TPSA) is 111 Å². The van der Waals surface area contributed by atoms with E-state index in [0.717, 1.165) is 22.0 Å². The monoisotopic (exact) mass is 524 g/mol. The molecule has 198 valence electrons. The lowest BCUT2D eigenvalue weighted by atomic mass is 9.66. The molecule has 2 amide bonds. The average Bonchev–Trinajstić information content (AvgIpc) is 3.26. The largest absolute Gasteiger partial charge is 0.384 e. The number of halogens is 1. The predicted molar refractivity (Wildman–Crippen MR) is 147 cm³/mol. The molecule has 3 atom stereocenters. The molecule has 1 fully saturated rings. The van der Waals surface area contributed by atoms with Crippen LogP contribution in [0.5, 0.6) is 0 Å². The highest BCUT2D eigenvalue weighted by atomic mass is 35.5. The number of aliphatic hydroxyl groups is 1. The van der Waals surface area contributed by atoms with Gasteiger partial charge in [0.05, 0.1) is 11.6 Å². The number of aromatic amines is 1. The predicted octanol–water partition coefficient (Wildman–Crippen LogP) is 3.98. The van der Waals surface area contributed by atoms with Crippen LogP contribution in [0, 0.1) is 11.3 Å². The summed E-state index contributed by atoms with van der Waals surface area (Å²) in [7, 11) is 0. The number of hydrogen-bond acceptors (Lipinski definition) is 4. The summed E-state index contributed by atoms with van der Waals surface area (Å²) in [5, 5.41) is 16.2. The van der Waals surface area contributed by atoms with Crippen LogP contribution in [0.4, 0.5) is 0 Å². The number of carbonyl (C=O) groups excluding carboxylic acids is 2. The number of amides is 2. The first-order valence-electron chi connectivity index (χ1n) is 12.8. The number of piperidine rings is 1. The molecule has 1 aliphatic rings. The van der Waals surface area contributed by atoms with Gasteiger partial charge in [-0.3, -0.25) is 9.59 Å². The van der Waals surface area contributed by atoms with Gasteiger partial charge in [0.25, 0.3) is 0 Å². The van der Waals surface area contributed by atoms with E-state index in [1.54, 1.807) is 17.0 Å². The van der Waals surface area contributed by atoms with Gasteiger partial charge in [0.1, 0.15) is 6.04 Å². The van der Waals surface area contributed by atoms with Crippen molar-refractivity contribution >= 4 is 34.3 Å². The lowest BCUT2D eigenvalue weighted by Gasteiger charge is -2.51. The number of nitrogens with two attached hydrogens (primary N) is 1. The van der Waals surface area contributed by atoms with Gasteiger partial charge in [-0.1, -0.05) is 69.6 Å². The number of benzene rings is 2. The van der Waals surface area contributed by atoms with E-state index in [9.17, 15) is 14.7 Å². The van der Waals surface area contributed by atoms with Crippen molar-refractivity contribution in [2.75, 3.05) is 13.1 Å². The summed E-state index contributed by atoms with van der Waals surface area (Å²) >= 11 is 6.05. The lowest BCUT2D eigenvalue weighted by Crippen LogP contribution is -2.61. The number of fused-ring (bicyclic) bond motifs is 1. The summed E-state index contributed by atoms with van der Waals surface area (Å²) in [5.74, 6) is -0.642. The molecule has 0 unspecified atom stereocenters. The second kappa shape index (κ2) is 10.5. The molecule has 8 heteroatoms. The Bertz CT molecular complexity index is 1270. The van der Waals surface area contributed by atoms with E-state index in [4.69, 9.17) is 17.3 Å². The van der Waals surface area contributed by atoms with Gasteiger partial charge in [-0.2, -0.15) is 0 Å². The molecular formula is C29H37ClN4O3. The molecule has 4 rings (SSSR count). The highest BCUT2D eigenvalue weighted by Gasteiger charge is 2.50. The normalized spacial score (nSPS) is 21.1. The first-order chi connectivity index (χ1) is 17.4. The Balaban J connectivity index is 1.44. The number of para-hydroxylation sites is 1. The zero-order valence-electron chi connectivity index (χ0n) is 21.9. The molecule has 5 N–H and O–H groups in total. The van der Waals surface area contributed by atoms with Crippen molar-refractivity contribution in [3.05, 3.63) is 70.9 Å². The molecule has 0 aliphatic carbocycles. The number of nitrogens with one attached hydrogen (secondary N) is 2. The Morgan fingerprint density at radius 1 is 1.16 bits per heavy atom. The average molecular weight is 525 g/mol. The number of likely N-dealkylation sites (tertiary alicyclic amines) is 1. The zero-order chi connectivity index (χ0) is 27.0. The number of hydrogen-bond donors (Lipinski definition) is 4. The van der Waals surface area contributed by atoms with E-state index in [2.05, 4.69) is 10.3 Å². The van der Waals surface area contributed by atoms with Crippen LogP contribution in [-0.4, -0.2) is 52.0 Å². The Kier molecular flexibility index (Phi) is 7.70. The molecule has 0 saturated carbocycles. The Hall–Kier alpha value is -2.87. The highest BCUT2D eigenvalue weighted by Crippen LogP contribution is 2.46. The fourth-order valence-corrected chi connectivity index (χ4v) is 5.50. The van der Waals surface area contributed by atoms with Crippen molar-refractivity contribution < 1.29 is 14.7 Å². The van der Waals surface area contributed by atoms with Crippen molar-refractivity contribution in [1.29, 1.82) is 0 Å². The molecule has 37 heavy (non-hydrogen) atoms. The summed E-state index contributed by atoms with van der Waals surface area (Å²) in [5.41, 5.74) is 7.30. The van der Waals surface area contributed by atoms with Crippen molar-refractivity contribution in [2.24, 2.45) is 17.1 Å².